The Morgan fingerprint density at radius 2 is 1.67 bits per heavy atom. The summed E-state index contributed by atoms with van der Waals surface area (Å²) >= 11 is 11.7. The van der Waals surface area contributed by atoms with Crippen molar-refractivity contribution in [3.8, 4) is 11.5 Å². The van der Waals surface area contributed by atoms with Gasteiger partial charge in [-0.2, -0.15) is 0 Å². The molecule has 0 unspecified atom stereocenters. The summed E-state index contributed by atoms with van der Waals surface area (Å²) in [5, 5.41) is 0.583. The first kappa shape index (κ1) is 17.9. The molecule has 2 aromatic carbocycles. The summed E-state index contributed by atoms with van der Waals surface area (Å²) in [6.45, 7) is -0.268. The Morgan fingerprint density at radius 3 is 2.33 bits per heavy atom. The number of carbonyl (C=O) groups is 2. The van der Waals surface area contributed by atoms with Crippen molar-refractivity contribution >= 4 is 35.0 Å². The summed E-state index contributed by atoms with van der Waals surface area (Å²) in [6.07, 6.45) is 0. The van der Waals surface area contributed by atoms with Gasteiger partial charge in [0.1, 0.15) is 11.5 Å². The number of rotatable bonds is 5. The predicted octanol–water partition coefficient (Wildman–Crippen LogP) is 2.84. The third-order valence-corrected chi connectivity index (χ3v) is 3.48. The first-order valence-corrected chi connectivity index (χ1v) is 7.56. The molecule has 0 saturated heterocycles. The minimum Gasteiger partial charge on any atom is -0.497 e. The van der Waals surface area contributed by atoms with Crippen LogP contribution < -0.4 is 20.3 Å². The van der Waals surface area contributed by atoms with Crippen LogP contribution in [0.2, 0.25) is 10.0 Å². The summed E-state index contributed by atoms with van der Waals surface area (Å²) < 4.78 is 10.3. The normalized spacial score (nSPS) is 9.96. The number of carbonyl (C=O) groups excluding carboxylic acids is 2. The fourth-order valence-corrected chi connectivity index (χ4v) is 2.10. The smallest absolute Gasteiger partial charge is 0.276 e. The summed E-state index contributed by atoms with van der Waals surface area (Å²) in [5.41, 5.74) is 4.62. The van der Waals surface area contributed by atoms with Gasteiger partial charge in [0.15, 0.2) is 6.61 Å². The Balaban J connectivity index is 1.82. The molecule has 8 heteroatoms. The van der Waals surface area contributed by atoms with Crippen LogP contribution in [0.5, 0.6) is 11.5 Å². The molecule has 0 fully saturated rings. The average molecular weight is 369 g/mol. The van der Waals surface area contributed by atoms with Gasteiger partial charge in [0.05, 0.1) is 17.7 Å². The molecule has 0 aliphatic carbocycles. The monoisotopic (exact) mass is 368 g/mol. The zero-order valence-electron chi connectivity index (χ0n) is 12.6. The zero-order valence-corrected chi connectivity index (χ0v) is 14.1. The van der Waals surface area contributed by atoms with E-state index in [2.05, 4.69) is 10.9 Å². The third kappa shape index (κ3) is 5.04. The van der Waals surface area contributed by atoms with Crippen LogP contribution >= 0.6 is 23.2 Å². The lowest BCUT2D eigenvalue weighted by Crippen LogP contribution is -2.43. The van der Waals surface area contributed by atoms with Crippen LogP contribution in [0.15, 0.2) is 42.5 Å². The average Bonchev–Trinajstić information content (AvgIpc) is 2.60. The van der Waals surface area contributed by atoms with Crippen molar-refractivity contribution in [1.29, 1.82) is 0 Å². The number of hydrazine groups is 1. The van der Waals surface area contributed by atoms with E-state index in [4.69, 9.17) is 32.7 Å². The summed E-state index contributed by atoms with van der Waals surface area (Å²) in [5.74, 6) is 0.0604. The second-order valence-corrected chi connectivity index (χ2v) is 5.43. The van der Waals surface area contributed by atoms with Crippen molar-refractivity contribution in [2.45, 2.75) is 0 Å². The fraction of sp³-hybridized carbons (Fsp3) is 0.125. The maximum atomic E-state index is 11.9. The highest BCUT2D eigenvalue weighted by Gasteiger charge is 2.12. The van der Waals surface area contributed by atoms with Gasteiger partial charge in [0, 0.05) is 5.02 Å². The first-order chi connectivity index (χ1) is 11.5. The van der Waals surface area contributed by atoms with Gasteiger partial charge in [-0.25, -0.2) is 0 Å². The Kier molecular flexibility index (Phi) is 6.28. The topological polar surface area (TPSA) is 76.7 Å². The van der Waals surface area contributed by atoms with Gasteiger partial charge in [0.2, 0.25) is 0 Å². The molecule has 0 heterocycles. The minimum atomic E-state index is -0.583. The predicted molar refractivity (Wildman–Crippen MR) is 90.6 cm³/mol. The maximum Gasteiger partial charge on any atom is 0.276 e. The van der Waals surface area contributed by atoms with E-state index in [1.54, 1.807) is 37.4 Å². The lowest BCUT2D eigenvalue weighted by atomic mass is 10.2. The van der Waals surface area contributed by atoms with Crippen LogP contribution in [-0.4, -0.2) is 25.5 Å². The number of methoxy groups -OCH3 is 1. The van der Waals surface area contributed by atoms with Crippen LogP contribution in [-0.2, 0) is 4.79 Å². The van der Waals surface area contributed by atoms with E-state index >= 15 is 0 Å². The second-order valence-electron chi connectivity index (χ2n) is 4.59. The zero-order chi connectivity index (χ0) is 17.5. The van der Waals surface area contributed by atoms with E-state index in [1.807, 2.05) is 0 Å². The second kappa shape index (κ2) is 8.42. The fourth-order valence-electron chi connectivity index (χ4n) is 1.72. The van der Waals surface area contributed by atoms with Crippen molar-refractivity contribution in [2.75, 3.05) is 13.7 Å². The number of amides is 2. The maximum absolute atomic E-state index is 11.9. The SMILES string of the molecule is COc1ccc(OCC(=O)NNC(=O)c2cc(Cl)ccc2Cl)cc1. The summed E-state index contributed by atoms with van der Waals surface area (Å²) in [6, 6.07) is 11.2. The molecule has 2 amide bonds. The van der Waals surface area contributed by atoms with Crippen molar-refractivity contribution in [3.63, 3.8) is 0 Å². The quantitative estimate of drug-likeness (QED) is 0.795. The molecule has 0 aliphatic rings. The van der Waals surface area contributed by atoms with Crippen LogP contribution in [0.1, 0.15) is 10.4 Å². The van der Waals surface area contributed by atoms with Gasteiger partial charge in [-0.15, -0.1) is 0 Å². The molecule has 0 aromatic heterocycles. The van der Waals surface area contributed by atoms with Gasteiger partial charge in [0.25, 0.3) is 11.8 Å². The van der Waals surface area contributed by atoms with Crippen molar-refractivity contribution in [3.05, 3.63) is 58.1 Å². The van der Waals surface area contributed by atoms with Crippen molar-refractivity contribution in [1.82, 2.24) is 10.9 Å². The largest absolute Gasteiger partial charge is 0.497 e. The Labute approximate surface area is 148 Å². The number of hydrogen-bond donors (Lipinski definition) is 2. The molecule has 24 heavy (non-hydrogen) atoms. The number of hydrogen-bond acceptors (Lipinski definition) is 4. The summed E-state index contributed by atoms with van der Waals surface area (Å²) in [4.78, 5) is 23.6. The molecule has 2 N–H and O–H groups in total. The van der Waals surface area contributed by atoms with Gasteiger partial charge >= 0.3 is 0 Å². The van der Waals surface area contributed by atoms with E-state index in [-0.39, 0.29) is 17.2 Å². The summed E-state index contributed by atoms with van der Waals surface area (Å²) in [7, 11) is 1.55. The highest BCUT2D eigenvalue weighted by molar-refractivity contribution is 6.35. The number of nitrogens with one attached hydrogen (secondary N) is 2. The molecule has 6 nitrogen and oxygen atoms in total. The molecule has 0 atom stereocenters. The van der Waals surface area contributed by atoms with Gasteiger partial charge in [-0.1, -0.05) is 23.2 Å². The third-order valence-electron chi connectivity index (χ3n) is 2.92. The van der Waals surface area contributed by atoms with Gasteiger partial charge in [-0.3, -0.25) is 20.4 Å². The van der Waals surface area contributed by atoms with E-state index in [9.17, 15) is 9.59 Å². The molecule has 0 aliphatic heterocycles. The molecule has 0 spiro atoms. The van der Waals surface area contributed by atoms with Gasteiger partial charge in [-0.05, 0) is 42.5 Å². The Hall–Kier alpha value is -2.44. The van der Waals surface area contributed by atoms with Crippen LogP contribution in [0.3, 0.4) is 0 Å². The number of halogens is 2. The van der Waals surface area contributed by atoms with E-state index in [1.165, 1.54) is 12.1 Å². The van der Waals surface area contributed by atoms with Crippen LogP contribution in [0, 0.1) is 0 Å². The number of benzene rings is 2. The van der Waals surface area contributed by atoms with Crippen molar-refractivity contribution in [2.24, 2.45) is 0 Å². The molecular weight excluding hydrogens is 355 g/mol. The number of ether oxygens (including phenoxy) is 2. The Morgan fingerprint density at radius 1 is 1.00 bits per heavy atom. The molecule has 2 rings (SSSR count). The molecule has 0 saturated carbocycles. The molecule has 0 radical (unpaired) electrons. The Bertz CT molecular complexity index is 735. The standard InChI is InChI=1S/C16H14Cl2N2O4/c1-23-11-3-5-12(6-4-11)24-9-15(21)19-20-16(22)13-8-10(17)2-7-14(13)18/h2-8H,9H2,1H3,(H,19,21)(H,20,22). The minimum absolute atomic E-state index is 0.153. The molecular formula is C16H14Cl2N2O4. The van der Waals surface area contributed by atoms with E-state index < -0.39 is 11.8 Å². The van der Waals surface area contributed by atoms with Gasteiger partial charge < -0.3 is 9.47 Å². The van der Waals surface area contributed by atoms with Crippen LogP contribution in [0.25, 0.3) is 0 Å². The lowest BCUT2D eigenvalue weighted by Gasteiger charge is -2.10. The van der Waals surface area contributed by atoms with E-state index in [0.717, 1.165) is 0 Å². The highest BCUT2D eigenvalue weighted by Crippen LogP contribution is 2.20. The lowest BCUT2D eigenvalue weighted by molar-refractivity contribution is -0.123. The van der Waals surface area contributed by atoms with E-state index in [0.29, 0.717) is 16.5 Å². The molecule has 0 bridgehead atoms. The molecule has 126 valence electrons. The highest BCUT2D eigenvalue weighted by atomic mass is 35.5. The first-order valence-electron chi connectivity index (χ1n) is 6.80. The van der Waals surface area contributed by atoms with Crippen molar-refractivity contribution < 1.29 is 19.1 Å². The molecule has 2 aromatic rings. The van der Waals surface area contributed by atoms with Crippen LogP contribution in [0.4, 0.5) is 0 Å².